The van der Waals surface area contributed by atoms with Crippen LogP contribution in [0.4, 0.5) is 5.69 Å². The predicted octanol–water partition coefficient (Wildman–Crippen LogP) is 1.95. The Hall–Kier alpha value is -1.07. The van der Waals surface area contributed by atoms with E-state index in [1.165, 1.54) is 0 Å². The zero-order chi connectivity index (χ0) is 12.7. The topological polar surface area (TPSA) is 58.2 Å². The number of rotatable bonds is 7. The first-order chi connectivity index (χ1) is 8.07. The quantitative estimate of drug-likeness (QED) is 0.784. The molecular weight excluding hydrogens is 236 g/mol. The van der Waals surface area contributed by atoms with Crippen molar-refractivity contribution in [3.8, 4) is 0 Å². The SMILES string of the molecule is CCCS(=O)(=O)Nc1cccc(CNCC)c1. The Kier molecular flexibility index (Phi) is 5.44. The number of benzene rings is 1. The Morgan fingerprint density at radius 2 is 2.00 bits per heavy atom. The molecule has 0 aliphatic carbocycles. The molecule has 0 aromatic heterocycles. The van der Waals surface area contributed by atoms with E-state index in [-0.39, 0.29) is 5.75 Å². The maximum Gasteiger partial charge on any atom is 0.232 e. The van der Waals surface area contributed by atoms with Gasteiger partial charge in [0.05, 0.1) is 5.75 Å². The van der Waals surface area contributed by atoms with E-state index in [4.69, 9.17) is 0 Å². The van der Waals surface area contributed by atoms with Gasteiger partial charge in [0.15, 0.2) is 0 Å². The molecule has 0 saturated carbocycles. The second-order valence-corrected chi connectivity index (χ2v) is 5.74. The maximum absolute atomic E-state index is 11.6. The van der Waals surface area contributed by atoms with Crippen molar-refractivity contribution in [1.82, 2.24) is 5.32 Å². The van der Waals surface area contributed by atoms with Crippen molar-refractivity contribution in [3.05, 3.63) is 29.8 Å². The molecule has 2 N–H and O–H groups in total. The first-order valence-corrected chi connectivity index (χ1v) is 7.52. The third kappa shape index (κ3) is 5.19. The summed E-state index contributed by atoms with van der Waals surface area (Å²) in [5.74, 6) is 0.157. The van der Waals surface area contributed by atoms with Crippen LogP contribution in [0.3, 0.4) is 0 Å². The average molecular weight is 256 g/mol. The Morgan fingerprint density at radius 1 is 1.24 bits per heavy atom. The van der Waals surface area contributed by atoms with Crippen LogP contribution in [0, 0.1) is 0 Å². The lowest BCUT2D eigenvalue weighted by atomic mass is 10.2. The smallest absolute Gasteiger partial charge is 0.232 e. The summed E-state index contributed by atoms with van der Waals surface area (Å²) in [5.41, 5.74) is 1.71. The van der Waals surface area contributed by atoms with Crippen LogP contribution in [0.15, 0.2) is 24.3 Å². The van der Waals surface area contributed by atoms with E-state index < -0.39 is 10.0 Å². The molecule has 1 rings (SSSR count). The molecule has 0 radical (unpaired) electrons. The minimum absolute atomic E-state index is 0.157. The van der Waals surface area contributed by atoms with E-state index in [1.807, 2.05) is 32.0 Å². The van der Waals surface area contributed by atoms with Gasteiger partial charge >= 0.3 is 0 Å². The van der Waals surface area contributed by atoms with Crippen LogP contribution in [0.1, 0.15) is 25.8 Å². The van der Waals surface area contributed by atoms with Crippen molar-refractivity contribution in [1.29, 1.82) is 0 Å². The van der Waals surface area contributed by atoms with Crippen LogP contribution < -0.4 is 10.0 Å². The monoisotopic (exact) mass is 256 g/mol. The molecule has 1 aromatic carbocycles. The van der Waals surface area contributed by atoms with Crippen LogP contribution in [0.2, 0.25) is 0 Å². The minimum atomic E-state index is -3.19. The fraction of sp³-hybridized carbons (Fsp3) is 0.500. The molecular formula is C12H20N2O2S. The van der Waals surface area contributed by atoms with Gasteiger partial charge in [0.25, 0.3) is 0 Å². The molecule has 96 valence electrons. The fourth-order valence-electron chi connectivity index (χ4n) is 1.51. The molecule has 0 aliphatic heterocycles. The van der Waals surface area contributed by atoms with E-state index in [1.54, 1.807) is 6.07 Å². The average Bonchev–Trinajstić information content (AvgIpc) is 2.26. The second kappa shape index (κ2) is 6.61. The van der Waals surface area contributed by atoms with Gasteiger partial charge in [-0.2, -0.15) is 0 Å². The van der Waals surface area contributed by atoms with Crippen molar-refractivity contribution < 1.29 is 8.42 Å². The summed E-state index contributed by atoms with van der Waals surface area (Å²) in [5, 5.41) is 3.20. The summed E-state index contributed by atoms with van der Waals surface area (Å²) in [6, 6.07) is 7.45. The molecule has 0 saturated heterocycles. The molecule has 0 heterocycles. The Labute approximate surface area is 103 Å². The molecule has 0 fully saturated rings. The molecule has 5 heteroatoms. The fourth-order valence-corrected chi connectivity index (χ4v) is 2.64. The molecule has 17 heavy (non-hydrogen) atoms. The molecule has 1 aromatic rings. The summed E-state index contributed by atoms with van der Waals surface area (Å²) in [6.45, 7) is 5.53. The van der Waals surface area contributed by atoms with Gasteiger partial charge in [-0.05, 0) is 30.7 Å². The number of hydrogen-bond donors (Lipinski definition) is 2. The third-order valence-electron chi connectivity index (χ3n) is 2.25. The van der Waals surface area contributed by atoms with Crippen LogP contribution in [0.25, 0.3) is 0 Å². The molecule has 0 bridgehead atoms. The van der Waals surface area contributed by atoms with Gasteiger partial charge in [-0.25, -0.2) is 8.42 Å². The molecule has 0 spiro atoms. The summed E-state index contributed by atoms with van der Waals surface area (Å²) in [7, 11) is -3.19. The number of nitrogens with one attached hydrogen (secondary N) is 2. The molecule has 0 atom stereocenters. The van der Waals surface area contributed by atoms with Crippen LogP contribution in [0.5, 0.6) is 0 Å². The Bertz CT molecular complexity index is 444. The van der Waals surface area contributed by atoms with Gasteiger partial charge in [0.1, 0.15) is 0 Å². The Balaban J connectivity index is 2.71. The van der Waals surface area contributed by atoms with E-state index in [2.05, 4.69) is 10.0 Å². The van der Waals surface area contributed by atoms with Crippen LogP contribution in [-0.4, -0.2) is 20.7 Å². The number of sulfonamides is 1. The van der Waals surface area contributed by atoms with Gasteiger partial charge in [0.2, 0.25) is 10.0 Å². The van der Waals surface area contributed by atoms with Crippen molar-refractivity contribution in [2.24, 2.45) is 0 Å². The highest BCUT2D eigenvalue weighted by molar-refractivity contribution is 7.92. The lowest BCUT2D eigenvalue weighted by Gasteiger charge is -2.09. The molecule has 4 nitrogen and oxygen atoms in total. The van der Waals surface area contributed by atoms with Crippen molar-refractivity contribution in [2.45, 2.75) is 26.8 Å². The van der Waals surface area contributed by atoms with E-state index in [0.29, 0.717) is 12.1 Å². The highest BCUT2D eigenvalue weighted by Crippen LogP contribution is 2.12. The van der Waals surface area contributed by atoms with Gasteiger partial charge in [0, 0.05) is 12.2 Å². The first kappa shape index (κ1) is 14.0. The maximum atomic E-state index is 11.6. The highest BCUT2D eigenvalue weighted by atomic mass is 32.2. The zero-order valence-corrected chi connectivity index (χ0v) is 11.2. The number of hydrogen-bond acceptors (Lipinski definition) is 3. The number of anilines is 1. The van der Waals surface area contributed by atoms with Crippen molar-refractivity contribution in [3.63, 3.8) is 0 Å². The van der Waals surface area contributed by atoms with E-state index >= 15 is 0 Å². The Morgan fingerprint density at radius 3 is 2.65 bits per heavy atom. The summed E-state index contributed by atoms with van der Waals surface area (Å²) in [6.07, 6.45) is 0.617. The van der Waals surface area contributed by atoms with Crippen molar-refractivity contribution >= 4 is 15.7 Å². The van der Waals surface area contributed by atoms with E-state index in [0.717, 1.165) is 18.7 Å². The first-order valence-electron chi connectivity index (χ1n) is 5.87. The minimum Gasteiger partial charge on any atom is -0.313 e. The largest absolute Gasteiger partial charge is 0.313 e. The van der Waals surface area contributed by atoms with Crippen LogP contribution >= 0.6 is 0 Å². The van der Waals surface area contributed by atoms with Crippen LogP contribution in [-0.2, 0) is 16.6 Å². The van der Waals surface area contributed by atoms with Gasteiger partial charge in [-0.1, -0.05) is 26.0 Å². The second-order valence-electron chi connectivity index (χ2n) is 3.90. The summed E-state index contributed by atoms with van der Waals surface area (Å²) < 4.78 is 25.8. The molecule has 0 aliphatic rings. The van der Waals surface area contributed by atoms with Gasteiger partial charge in [-0.3, -0.25) is 4.72 Å². The molecule has 0 unspecified atom stereocenters. The normalized spacial score (nSPS) is 11.4. The van der Waals surface area contributed by atoms with Crippen molar-refractivity contribution in [2.75, 3.05) is 17.0 Å². The zero-order valence-electron chi connectivity index (χ0n) is 10.4. The standard InChI is InChI=1S/C12H20N2O2S/c1-3-8-17(15,16)14-12-7-5-6-11(9-12)10-13-4-2/h5-7,9,13-14H,3-4,8,10H2,1-2H3. The lowest BCUT2D eigenvalue weighted by Crippen LogP contribution is -2.16. The highest BCUT2D eigenvalue weighted by Gasteiger charge is 2.08. The summed E-state index contributed by atoms with van der Waals surface area (Å²) >= 11 is 0. The van der Waals surface area contributed by atoms with E-state index in [9.17, 15) is 8.42 Å². The third-order valence-corrected chi connectivity index (χ3v) is 3.74. The lowest BCUT2D eigenvalue weighted by molar-refractivity contribution is 0.600. The van der Waals surface area contributed by atoms with Gasteiger partial charge in [-0.15, -0.1) is 0 Å². The summed E-state index contributed by atoms with van der Waals surface area (Å²) in [4.78, 5) is 0. The predicted molar refractivity (Wildman–Crippen MR) is 71.5 cm³/mol. The molecule has 0 amide bonds. The van der Waals surface area contributed by atoms with Gasteiger partial charge < -0.3 is 5.32 Å².